The van der Waals surface area contributed by atoms with E-state index in [-0.39, 0.29) is 18.0 Å². The first-order valence-corrected chi connectivity index (χ1v) is 11.9. The van der Waals surface area contributed by atoms with Crippen LogP contribution >= 0.6 is 0 Å². The number of nitrogens with zero attached hydrogens (tertiary/aromatic N) is 6. The van der Waals surface area contributed by atoms with Crippen LogP contribution in [-0.2, 0) is 11.2 Å². The molecule has 0 N–H and O–H groups in total. The first-order valence-electron chi connectivity index (χ1n) is 11.9. The van der Waals surface area contributed by atoms with Crippen LogP contribution in [0.2, 0.25) is 0 Å². The third-order valence-electron chi connectivity index (χ3n) is 7.16. The van der Waals surface area contributed by atoms with Crippen molar-refractivity contribution in [2.75, 3.05) is 24.6 Å². The Morgan fingerprint density at radius 1 is 1.19 bits per heavy atom. The van der Waals surface area contributed by atoms with E-state index in [0.717, 1.165) is 63.4 Å². The zero-order chi connectivity index (χ0) is 21.4. The van der Waals surface area contributed by atoms with Crippen molar-refractivity contribution >= 4 is 5.82 Å². The normalized spacial score (nSPS) is 28.2. The molecule has 0 amide bonds. The van der Waals surface area contributed by atoms with Gasteiger partial charge in [-0.3, -0.25) is 0 Å². The fourth-order valence-electron chi connectivity index (χ4n) is 5.18. The minimum Gasteiger partial charge on any atom is -0.376 e. The highest BCUT2D eigenvalue weighted by atomic mass is 19.1. The second-order valence-corrected chi connectivity index (χ2v) is 9.66. The molecule has 7 nitrogen and oxygen atoms in total. The number of rotatable bonds is 8. The molecule has 1 saturated heterocycles. The summed E-state index contributed by atoms with van der Waals surface area (Å²) in [6, 6.07) is 0.194. The van der Waals surface area contributed by atoms with Gasteiger partial charge in [-0.1, -0.05) is 18.6 Å². The van der Waals surface area contributed by atoms with Crippen molar-refractivity contribution in [1.82, 2.24) is 25.0 Å². The molecule has 4 atom stereocenters. The molecule has 2 aromatic heterocycles. The maximum absolute atomic E-state index is 14.4. The Labute approximate surface area is 183 Å². The summed E-state index contributed by atoms with van der Waals surface area (Å²) in [5.41, 5.74) is 1.07. The van der Waals surface area contributed by atoms with Crippen molar-refractivity contribution in [2.45, 2.75) is 70.9 Å². The van der Waals surface area contributed by atoms with Gasteiger partial charge < -0.3 is 9.64 Å². The van der Waals surface area contributed by atoms with E-state index < -0.39 is 0 Å². The highest BCUT2D eigenvalue weighted by Gasteiger charge is 2.45. The van der Waals surface area contributed by atoms with Gasteiger partial charge in [0.2, 0.25) is 0 Å². The number of aromatic nitrogens is 5. The van der Waals surface area contributed by atoms with E-state index in [1.165, 1.54) is 19.0 Å². The van der Waals surface area contributed by atoms with Crippen LogP contribution in [0.15, 0.2) is 12.4 Å². The third kappa shape index (κ3) is 4.59. The molecular formula is C23H33FN6O. The van der Waals surface area contributed by atoms with Crippen LogP contribution in [0.3, 0.4) is 0 Å². The number of halogens is 1. The fourth-order valence-corrected chi connectivity index (χ4v) is 5.18. The zero-order valence-corrected chi connectivity index (χ0v) is 18.6. The van der Waals surface area contributed by atoms with E-state index in [9.17, 15) is 4.39 Å². The molecule has 8 heteroatoms. The summed E-state index contributed by atoms with van der Waals surface area (Å²) in [6.45, 7) is 6.50. The highest BCUT2D eigenvalue weighted by molar-refractivity contribution is 5.41. The average molecular weight is 429 g/mol. The molecule has 3 aliphatic rings. The standard InChI is InChI=1S/C23H33FN6O/c1-3-4-5-19-13-30(28-27-19)21-8-17-11-29(23-20(24)10-25-15(2)26-23)12-18(17)9-22(21)31-14-16-6-7-16/h10,13,16-18,21-22H,3-9,11-12,14H2,1-2H3/t17-,18+,21-,22-/m1/s1. The third-order valence-corrected chi connectivity index (χ3v) is 7.16. The van der Waals surface area contributed by atoms with Crippen molar-refractivity contribution in [2.24, 2.45) is 17.8 Å². The van der Waals surface area contributed by atoms with Crippen LogP contribution in [0.5, 0.6) is 0 Å². The molecule has 0 bridgehead atoms. The number of hydrogen-bond acceptors (Lipinski definition) is 6. The molecule has 31 heavy (non-hydrogen) atoms. The van der Waals surface area contributed by atoms with Gasteiger partial charge in [0.15, 0.2) is 11.6 Å². The Balaban J connectivity index is 1.33. The molecular weight excluding hydrogens is 395 g/mol. The van der Waals surface area contributed by atoms with Gasteiger partial charge in [0, 0.05) is 25.9 Å². The summed E-state index contributed by atoms with van der Waals surface area (Å²) >= 11 is 0. The summed E-state index contributed by atoms with van der Waals surface area (Å²) < 4.78 is 22.9. The Hall–Kier alpha value is -2.09. The molecule has 168 valence electrons. The molecule has 0 aromatic carbocycles. The average Bonchev–Trinajstić information content (AvgIpc) is 3.32. The van der Waals surface area contributed by atoms with Crippen molar-refractivity contribution in [3.8, 4) is 0 Å². The van der Waals surface area contributed by atoms with Crippen LogP contribution in [-0.4, -0.2) is 50.8 Å². The van der Waals surface area contributed by atoms with Gasteiger partial charge in [-0.25, -0.2) is 19.0 Å². The summed E-state index contributed by atoms with van der Waals surface area (Å²) in [4.78, 5) is 10.5. The van der Waals surface area contributed by atoms with Crippen LogP contribution < -0.4 is 4.90 Å². The van der Waals surface area contributed by atoms with Gasteiger partial charge in [-0.15, -0.1) is 5.10 Å². The molecule has 5 rings (SSSR count). The molecule has 2 saturated carbocycles. The van der Waals surface area contributed by atoms with Gasteiger partial charge >= 0.3 is 0 Å². The first kappa shape index (κ1) is 20.8. The van der Waals surface area contributed by atoms with E-state index in [0.29, 0.717) is 23.5 Å². The Bertz CT molecular complexity index is 900. The minimum atomic E-state index is -0.334. The second kappa shape index (κ2) is 8.81. The largest absolute Gasteiger partial charge is 0.376 e. The number of hydrogen-bond donors (Lipinski definition) is 0. The van der Waals surface area contributed by atoms with E-state index in [1.54, 1.807) is 0 Å². The summed E-state index contributed by atoms with van der Waals surface area (Å²) in [5.74, 6) is 2.40. The number of aryl methyl sites for hydroxylation is 2. The van der Waals surface area contributed by atoms with Crippen molar-refractivity contribution < 1.29 is 9.13 Å². The highest BCUT2D eigenvalue weighted by Crippen LogP contribution is 2.44. The SMILES string of the molecule is CCCCc1cn([C@@H]2C[C@@H]3CN(c4nc(C)ncc4F)C[C@@H]3C[C@H]2OCC2CC2)nn1. The second-order valence-electron chi connectivity index (χ2n) is 9.66. The molecule has 2 aromatic rings. The summed E-state index contributed by atoms with van der Waals surface area (Å²) in [7, 11) is 0. The van der Waals surface area contributed by atoms with E-state index in [1.807, 2.05) is 6.92 Å². The first-order chi connectivity index (χ1) is 15.1. The Morgan fingerprint density at radius 2 is 2.00 bits per heavy atom. The number of anilines is 1. The van der Waals surface area contributed by atoms with Gasteiger partial charge in [-0.2, -0.15) is 0 Å². The lowest BCUT2D eigenvalue weighted by molar-refractivity contribution is -0.0375. The minimum absolute atomic E-state index is 0.138. The molecule has 0 spiro atoms. The van der Waals surface area contributed by atoms with Gasteiger partial charge in [-0.05, 0) is 63.2 Å². The van der Waals surface area contributed by atoms with E-state index >= 15 is 0 Å². The van der Waals surface area contributed by atoms with E-state index in [2.05, 4.69) is 43.0 Å². The summed E-state index contributed by atoms with van der Waals surface area (Å²) in [6.07, 6.45) is 11.3. The maximum Gasteiger partial charge on any atom is 0.183 e. The lowest BCUT2D eigenvalue weighted by atomic mass is 9.77. The number of ether oxygens (including phenoxy) is 1. The van der Waals surface area contributed by atoms with Crippen LogP contribution in [0.1, 0.15) is 63.0 Å². The Kier molecular flexibility index (Phi) is 5.91. The maximum atomic E-state index is 14.4. The number of unbranched alkanes of at least 4 members (excludes halogenated alkanes) is 1. The van der Waals surface area contributed by atoms with Crippen LogP contribution in [0.25, 0.3) is 0 Å². The monoisotopic (exact) mass is 428 g/mol. The number of fused-ring (bicyclic) bond motifs is 1. The lowest BCUT2D eigenvalue weighted by Gasteiger charge is -2.37. The van der Waals surface area contributed by atoms with Crippen LogP contribution in [0.4, 0.5) is 10.2 Å². The molecule has 3 fully saturated rings. The van der Waals surface area contributed by atoms with Crippen molar-refractivity contribution in [3.63, 3.8) is 0 Å². The van der Waals surface area contributed by atoms with Crippen molar-refractivity contribution in [3.05, 3.63) is 29.7 Å². The van der Waals surface area contributed by atoms with Crippen LogP contribution in [0, 0.1) is 30.5 Å². The van der Waals surface area contributed by atoms with E-state index in [4.69, 9.17) is 4.74 Å². The quantitative estimate of drug-likeness (QED) is 0.638. The molecule has 1 aliphatic heterocycles. The van der Waals surface area contributed by atoms with Gasteiger partial charge in [0.1, 0.15) is 5.82 Å². The molecule has 2 aliphatic carbocycles. The zero-order valence-electron chi connectivity index (χ0n) is 18.6. The van der Waals surface area contributed by atoms with Crippen molar-refractivity contribution in [1.29, 1.82) is 0 Å². The summed E-state index contributed by atoms with van der Waals surface area (Å²) in [5, 5.41) is 8.92. The molecule has 3 heterocycles. The Morgan fingerprint density at radius 3 is 2.77 bits per heavy atom. The smallest absolute Gasteiger partial charge is 0.183 e. The topological polar surface area (TPSA) is 69.0 Å². The molecule has 0 unspecified atom stereocenters. The lowest BCUT2D eigenvalue weighted by Crippen LogP contribution is -2.38. The van der Waals surface area contributed by atoms with Gasteiger partial charge in [0.25, 0.3) is 0 Å². The van der Waals surface area contributed by atoms with Gasteiger partial charge in [0.05, 0.1) is 24.0 Å². The fraction of sp³-hybridized carbons (Fsp3) is 0.739. The predicted molar refractivity (Wildman–Crippen MR) is 115 cm³/mol. The molecule has 0 radical (unpaired) electrons. The predicted octanol–water partition coefficient (Wildman–Crippen LogP) is 3.74.